The van der Waals surface area contributed by atoms with E-state index in [4.69, 9.17) is 0 Å². The van der Waals surface area contributed by atoms with Crippen LogP contribution < -0.4 is 16.0 Å². The van der Waals surface area contributed by atoms with Crippen molar-refractivity contribution in [1.82, 2.24) is 15.3 Å². The van der Waals surface area contributed by atoms with Gasteiger partial charge in [-0.15, -0.1) is 0 Å². The number of hydrogen-bond donors (Lipinski definition) is 3. The molecule has 0 spiro atoms. The zero-order chi connectivity index (χ0) is 13.9. The van der Waals surface area contributed by atoms with Gasteiger partial charge in [-0.3, -0.25) is 0 Å². The number of rotatable bonds is 6. The van der Waals surface area contributed by atoms with Gasteiger partial charge in [-0.05, 0) is 18.8 Å². The molecule has 3 N–H and O–H groups in total. The lowest BCUT2D eigenvalue weighted by Gasteiger charge is -2.28. The van der Waals surface area contributed by atoms with E-state index < -0.39 is 0 Å². The van der Waals surface area contributed by atoms with Gasteiger partial charge in [-0.2, -0.15) is 0 Å². The van der Waals surface area contributed by atoms with E-state index in [2.05, 4.69) is 46.7 Å². The number of nitrogens with zero attached hydrogens (tertiary/aromatic N) is 2. The van der Waals surface area contributed by atoms with Crippen LogP contribution in [-0.2, 0) is 0 Å². The first-order valence-corrected chi connectivity index (χ1v) is 7.05. The van der Waals surface area contributed by atoms with Gasteiger partial charge >= 0.3 is 0 Å². The molecular formula is C14H25N5. The van der Waals surface area contributed by atoms with Crippen molar-refractivity contribution in [2.75, 3.05) is 30.3 Å². The van der Waals surface area contributed by atoms with Crippen molar-refractivity contribution < 1.29 is 0 Å². The maximum absolute atomic E-state index is 4.44. The minimum Gasteiger partial charge on any atom is -0.369 e. The summed E-state index contributed by atoms with van der Waals surface area (Å²) in [6.07, 6.45) is 1.14. The fraction of sp³-hybridized carbons (Fsp3) is 0.714. The summed E-state index contributed by atoms with van der Waals surface area (Å²) >= 11 is 0. The van der Waals surface area contributed by atoms with Crippen molar-refractivity contribution >= 4 is 11.6 Å². The van der Waals surface area contributed by atoms with E-state index in [1.165, 1.54) is 0 Å². The summed E-state index contributed by atoms with van der Waals surface area (Å²) in [7, 11) is 0. The number of anilines is 2. The maximum Gasteiger partial charge on any atom is 0.132 e. The van der Waals surface area contributed by atoms with Gasteiger partial charge in [0.05, 0.1) is 6.04 Å². The normalized spacial score (nSPS) is 16.0. The Morgan fingerprint density at radius 3 is 2.58 bits per heavy atom. The van der Waals surface area contributed by atoms with E-state index in [1.807, 2.05) is 13.0 Å². The average Bonchev–Trinajstić information content (AvgIpc) is 2.31. The number of aromatic nitrogens is 2. The molecule has 0 saturated carbocycles. The van der Waals surface area contributed by atoms with Crippen LogP contribution in [0.15, 0.2) is 6.07 Å². The molecule has 1 aromatic rings. The molecule has 0 aliphatic carbocycles. The van der Waals surface area contributed by atoms with Crippen LogP contribution in [0.4, 0.5) is 11.6 Å². The third-order valence-corrected chi connectivity index (χ3v) is 3.68. The second kappa shape index (κ2) is 5.74. The lowest BCUT2D eigenvalue weighted by atomic mass is 9.90. The Morgan fingerprint density at radius 1 is 1.32 bits per heavy atom. The topological polar surface area (TPSA) is 61.9 Å². The van der Waals surface area contributed by atoms with E-state index in [9.17, 15) is 0 Å². The molecule has 0 radical (unpaired) electrons. The van der Waals surface area contributed by atoms with E-state index in [1.54, 1.807) is 0 Å². The highest BCUT2D eigenvalue weighted by Crippen LogP contribution is 2.21. The minimum atomic E-state index is 0.282. The molecule has 1 saturated heterocycles. The lowest BCUT2D eigenvalue weighted by Crippen LogP contribution is -2.51. The molecule has 1 aliphatic rings. The van der Waals surface area contributed by atoms with Gasteiger partial charge in [0.1, 0.15) is 17.5 Å². The molecule has 2 heterocycles. The van der Waals surface area contributed by atoms with Crippen LogP contribution in [0.3, 0.4) is 0 Å². The van der Waals surface area contributed by atoms with Crippen molar-refractivity contribution in [3.8, 4) is 0 Å². The van der Waals surface area contributed by atoms with Crippen molar-refractivity contribution in [2.24, 2.45) is 5.41 Å². The van der Waals surface area contributed by atoms with E-state index in [0.717, 1.165) is 43.5 Å². The second-order valence-electron chi connectivity index (χ2n) is 6.06. The second-order valence-corrected chi connectivity index (χ2v) is 6.06. The molecule has 5 nitrogen and oxygen atoms in total. The van der Waals surface area contributed by atoms with Crippen LogP contribution in [0.1, 0.15) is 33.0 Å². The first-order valence-electron chi connectivity index (χ1n) is 7.05. The van der Waals surface area contributed by atoms with Gasteiger partial charge in [-0.25, -0.2) is 9.97 Å². The largest absolute Gasteiger partial charge is 0.369 e. The monoisotopic (exact) mass is 263 g/mol. The Labute approximate surface area is 115 Å². The Hall–Kier alpha value is -1.36. The molecule has 0 bridgehead atoms. The van der Waals surface area contributed by atoms with E-state index in [0.29, 0.717) is 6.04 Å². The highest BCUT2D eigenvalue weighted by molar-refractivity contribution is 5.48. The molecule has 0 atom stereocenters. The highest BCUT2D eigenvalue weighted by Gasteiger charge is 2.18. The summed E-state index contributed by atoms with van der Waals surface area (Å²) in [4.78, 5) is 8.87. The van der Waals surface area contributed by atoms with Gasteiger partial charge in [0.15, 0.2) is 0 Å². The summed E-state index contributed by atoms with van der Waals surface area (Å²) in [6, 6.07) is 2.49. The zero-order valence-corrected chi connectivity index (χ0v) is 12.4. The van der Waals surface area contributed by atoms with E-state index in [-0.39, 0.29) is 5.41 Å². The Balaban J connectivity index is 1.99. The van der Waals surface area contributed by atoms with Crippen LogP contribution in [0.2, 0.25) is 0 Å². The summed E-state index contributed by atoms with van der Waals surface area (Å²) in [5.74, 6) is 2.62. The number of nitrogens with one attached hydrogen (secondary N) is 3. The standard InChI is InChI=1S/C14H25N5/c1-5-14(3,4)9-16-12-6-13(18-10(2)17-12)19-11-7-15-8-11/h6,11,15H,5,7-9H2,1-4H3,(H2,16,17,18,19). The molecule has 0 amide bonds. The Kier molecular flexibility index (Phi) is 4.24. The summed E-state index contributed by atoms with van der Waals surface area (Å²) < 4.78 is 0. The molecular weight excluding hydrogens is 238 g/mol. The van der Waals surface area contributed by atoms with Gasteiger partial charge in [0.2, 0.25) is 0 Å². The van der Waals surface area contributed by atoms with Gasteiger partial charge in [-0.1, -0.05) is 20.8 Å². The van der Waals surface area contributed by atoms with Crippen LogP contribution in [-0.4, -0.2) is 35.6 Å². The van der Waals surface area contributed by atoms with Crippen LogP contribution in [0.5, 0.6) is 0 Å². The molecule has 1 aliphatic heterocycles. The first kappa shape index (κ1) is 14.1. The SMILES string of the molecule is CCC(C)(C)CNc1cc(NC2CNC2)nc(C)n1. The molecule has 0 unspecified atom stereocenters. The predicted octanol–water partition coefficient (Wildman–Crippen LogP) is 2.02. The molecule has 1 aromatic heterocycles. The van der Waals surface area contributed by atoms with Crippen molar-refractivity contribution in [3.63, 3.8) is 0 Å². The highest BCUT2D eigenvalue weighted by atomic mass is 15.1. The number of aryl methyl sites for hydroxylation is 1. The zero-order valence-electron chi connectivity index (χ0n) is 12.4. The van der Waals surface area contributed by atoms with Gasteiger partial charge in [0, 0.05) is 25.7 Å². The van der Waals surface area contributed by atoms with Crippen LogP contribution >= 0.6 is 0 Å². The Morgan fingerprint density at radius 2 is 2.00 bits per heavy atom. The third-order valence-electron chi connectivity index (χ3n) is 3.68. The molecule has 0 aromatic carbocycles. The lowest BCUT2D eigenvalue weighted by molar-refractivity contribution is 0.376. The smallest absolute Gasteiger partial charge is 0.132 e. The minimum absolute atomic E-state index is 0.282. The fourth-order valence-electron chi connectivity index (χ4n) is 1.79. The maximum atomic E-state index is 4.44. The fourth-order valence-corrected chi connectivity index (χ4v) is 1.79. The van der Waals surface area contributed by atoms with Crippen molar-refractivity contribution in [2.45, 2.75) is 40.2 Å². The molecule has 106 valence electrons. The first-order chi connectivity index (χ1) is 8.98. The van der Waals surface area contributed by atoms with Crippen LogP contribution in [0, 0.1) is 12.3 Å². The summed E-state index contributed by atoms with van der Waals surface area (Å²) in [5, 5.41) is 10.1. The predicted molar refractivity (Wildman–Crippen MR) is 79.6 cm³/mol. The van der Waals surface area contributed by atoms with E-state index >= 15 is 0 Å². The molecule has 19 heavy (non-hydrogen) atoms. The molecule has 5 heteroatoms. The third kappa shape index (κ3) is 4.06. The summed E-state index contributed by atoms with van der Waals surface area (Å²) in [5.41, 5.74) is 0.282. The van der Waals surface area contributed by atoms with Gasteiger partial charge in [0.25, 0.3) is 0 Å². The number of hydrogen-bond acceptors (Lipinski definition) is 5. The molecule has 1 fully saturated rings. The van der Waals surface area contributed by atoms with Crippen molar-refractivity contribution in [1.29, 1.82) is 0 Å². The average molecular weight is 263 g/mol. The summed E-state index contributed by atoms with van der Waals surface area (Å²) in [6.45, 7) is 11.6. The van der Waals surface area contributed by atoms with Crippen molar-refractivity contribution in [3.05, 3.63) is 11.9 Å². The Bertz CT molecular complexity index is 426. The molecule has 2 rings (SSSR count). The van der Waals surface area contributed by atoms with Crippen LogP contribution in [0.25, 0.3) is 0 Å². The van der Waals surface area contributed by atoms with Gasteiger partial charge < -0.3 is 16.0 Å². The quantitative estimate of drug-likeness (QED) is 0.733.